The van der Waals surface area contributed by atoms with Gasteiger partial charge in [0, 0.05) is 28.6 Å². The van der Waals surface area contributed by atoms with Gasteiger partial charge in [-0.3, -0.25) is 18.9 Å². The van der Waals surface area contributed by atoms with E-state index in [1.165, 1.54) is 36.4 Å². The van der Waals surface area contributed by atoms with Gasteiger partial charge in [-0.15, -0.1) is 15.3 Å². The van der Waals surface area contributed by atoms with E-state index in [1.807, 2.05) is 13.8 Å². The van der Waals surface area contributed by atoms with E-state index in [1.54, 1.807) is 111 Å². The molecule has 0 aliphatic carbocycles. The Bertz CT molecular complexity index is 3860. The largest absolute Gasteiger partial charge is 2.00 e. The van der Waals surface area contributed by atoms with Crippen LogP contribution in [0.2, 0.25) is 10.0 Å². The number of ether oxygens (including phenoxy) is 2. The minimum atomic E-state index is -4.64. The van der Waals surface area contributed by atoms with Gasteiger partial charge in [-0.25, -0.2) is 0 Å². The van der Waals surface area contributed by atoms with E-state index in [2.05, 4.69) is 30.8 Å². The summed E-state index contributed by atoms with van der Waals surface area (Å²) in [5.41, 5.74) is 0.863. The molecule has 0 spiro atoms. The van der Waals surface area contributed by atoms with Crippen LogP contribution in [0, 0.1) is 0 Å². The second kappa shape index (κ2) is 26.1. The topological polar surface area (TPSA) is 284 Å². The Balaban J connectivity index is 0.000000246. The number of azo groups is 2. The molecule has 4 N–H and O–H groups in total. The molecule has 8 rings (SSSR count). The van der Waals surface area contributed by atoms with Crippen molar-refractivity contribution in [1.29, 1.82) is 0 Å². The first-order valence-electron chi connectivity index (χ1n) is 23.2. The summed E-state index contributed by atoms with van der Waals surface area (Å²) in [6.45, 7) is 8.02. The minimum Gasteiger partial charge on any atom is -0.871 e. The standard InChI is InChI=1S/2C27H24ClN3O6S.Ca/c2*1-3-16-12-13-22(23(28)26(16)38(34,35)36)30-31-24-20-11-6-5-8-17(20)14-21(25(24)32)27(33)29-18-9-7-10-19(15-18)37-4-2;/h2*5-15,32H,3-4H2,1-2H3,(H,29,33)(H,34,35,36);/q;;+2/p-2. The van der Waals surface area contributed by atoms with Crippen molar-refractivity contribution < 1.29 is 55.5 Å². The molecular formula is C54H46CaCl2N6O12S2. The third-order valence-corrected chi connectivity index (χ3v) is 14.3. The van der Waals surface area contributed by atoms with Gasteiger partial charge in [-0.05, 0) is 109 Å². The summed E-state index contributed by atoms with van der Waals surface area (Å²) in [6, 6.07) is 36.0. The number of anilines is 1. The van der Waals surface area contributed by atoms with Gasteiger partial charge < -0.3 is 30.1 Å². The number of phenolic OH excluding ortho intramolecular Hbond substituents is 1. The smallest absolute Gasteiger partial charge is 0.871 e. The first kappa shape index (κ1) is 59.5. The summed E-state index contributed by atoms with van der Waals surface area (Å²) in [7, 11) is -9.26. The molecule has 0 saturated carbocycles. The number of aromatic hydroxyl groups is 1. The third-order valence-electron chi connectivity index (χ3n) is 11.3. The van der Waals surface area contributed by atoms with Gasteiger partial charge >= 0.3 is 37.7 Å². The Labute approximate surface area is 483 Å². The molecule has 0 saturated heterocycles. The Morgan fingerprint density at radius 2 is 1.09 bits per heavy atom. The average Bonchev–Trinajstić information content (AvgIpc) is 3.38. The number of hydrogen-bond donors (Lipinski definition) is 4. The zero-order valence-corrected chi connectivity index (χ0v) is 46.9. The van der Waals surface area contributed by atoms with Gasteiger partial charge in [-0.2, -0.15) is 21.9 Å². The van der Waals surface area contributed by atoms with Crippen molar-refractivity contribution in [2.75, 3.05) is 18.5 Å². The van der Waals surface area contributed by atoms with Crippen LogP contribution in [0.15, 0.2) is 169 Å². The number of carbonyl (C=O) groups is 1. The monoisotopic (exact) mass is 1140 g/mol. The van der Waals surface area contributed by atoms with Gasteiger partial charge in [0.2, 0.25) is 0 Å². The van der Waals surface area contributed by atoms with Crippen molar-refractivity contribution in [1.82, 2.24) is 0 Å². The van der Waals surface area contributed by atoms with Crippen LogP contribution in [0.3, 0.4) is 0 Å². The van der Waals surface area contributed by atoms with E-state index in [4.69, 9.17) is 32.7 Å². The van der Waals surface area contributed by atoms with Crippen LogP contribution in [0.4, 0.5) is 34.1 Å². The van der Waals surface area contributed by atoms with Crippen molar-refractivity contribution in [3.05, 3.63) is 166 Å². The maximum absolute atomic E-state index is 13.4. The van der Waals surface area contributed by atoms with Crippen molar-refractivity contribution in [2.45, 2.75) is 50.3 Å². The number of aryl methyl sites for hydroxylation is 2. The summed E-state index contributed by atoms with van der Waals surface area (Å²) in [5.74, 6) is -1.38. The first-order chi connectivity index (χ1) is 36.3. The van der Waals surface area contributed by atoms with Crippen LogP contribution in [0.25, 0.3) is 21.5 Å². The molecule has 0 radical (unpaired) electrons. The SMILES string of the molecule is CCOc1cccc(N=C([O-])c2cc3ccccc3c(N=Nc3ccc(CC)c(S(=O)(=O)O)c3Cl)c2[O-])c1.CCOc1cccc(NC(=O)c2cc3ccccc3c(N=Nc3ccc(CC)c(S(=O)(=O)O)c3Cl)c2O)c1.[Ca+2]. The van der Waals surface area contributed by atoms with Crippen molar-refractivity contribution in [2.24, 2.45) is 25.4 Å². The molecule has 0 atom stereocenters. The predicted octanol–water partition coefficient (Wildman–Crippen LogP) is 12.3. The number of carbonyl (C=O) groups excluding carboxylic acids is 1. The first-order valence-corrected chi connectivity index (χ1v) is 26.8. The quantitative estimate of drug-likeness (QED) is 0.0231. The Morgan fingerprint density at radius 1 is 0.610 bits per heavy atom. The molecule has 1 amide bonds. The molecular weight excluding hydrogens is 1100 g/mol. The predicted molar refractivity (Wildman–Crippen MR) is 294 cm³/mol. The zero-order valence-electron chi connectivity index (χ0n) is 41.6. The van der Waals surface area contributed by atoms with Crippen LogP contribution < -0.4 is 25.0 Å². The fraction of sp³-hybridized carbons (Fsp3) is 0.148. The van der Waals surface area contributed by atoms with E-state index in [0.717, 1.165) is 0 Å². The number of halogens is 2. The molecule has 0 fully saturated rings. The zero-order chi connectivity index (χ0) is 54.9. The molecule has 8 aromatic rings. The number of fused-ring (bicyclic) bond motifs is 2. The number of amides is 1. The molecule has 0 heterocycles. The fourth-order valence-corrected chi connectivity index (χ4v) is 10.6. The number of nitrogens with zero attached hydrogens (tertiary/aromatic N) is 5. The van der Waals surface area contributed by atoms with E-state index < -0.39 is 53.3 Å². The molecule has 0 aromatic heterocycles. The third kappa shape index (κ3) is 14.1. The molecule has 23 heteroatoms. The van der Waals surface area contributed by atoms with Crippen LogP contribution in [-0.4, -0.2) is 93.8 Å². The maximum Gasteiger partial charge on any atom is 2.00 e. The molecule has 8 aromatic carbocycles. The summed E-state index contributed by atoms with van der Waals surface area (Å²) >= 11 is 12.5. The van der Waals surface area contributed by atoms with Gasteiger partial charge in [0.15, 0.2) is 5.75 Å². The van der Waals surface area contributed by atoms with Crippen molar-refractivity contribution >= 4 is 149 Å². The Hall–Kier alpha value is -6.72. The summed E-state index contributed by atoms with van der Waals surface area (Å²) in [5, 5.41) is 58.0. The summed E-state index contributed by atoms with van der Waals surface area (Å²) in [4.78, 5) is 16.3. The van der Waals surface area contributed by atoms with Gasteiger partial charge in [0.1, 0.15) is 38.4 Å². The number of benzene rings is 8. The van der Waals surface area contributed by atoms with Gasteiger partial charge in [0.25, 0.3) is 26.1 Å². The second-order valence-corrected chi connectivity index (χ2v) is 19.7. The normalized spacial score (nSPS) is 11.9. The van der Waals surface area contributed by atoms with Crippen LogP contribution in [-0.2, 0) is 33.1 Å². The Kier molecular flexibility index (Phi) is 20.2. The number of hydrogen-bond acceptors (Lipinski definition) is 15. The molecule has 0 bridgehead atoms. The number of phenols is 1. The van der Waals surface area contributed by atoms with Crippen molar-refractivity contribution in [3.63, 3.8) is 0 Å². The molecule has 0 unspecified atom stereocenters. The number of rotatable bonds is 16. The van der Waals surface area contributed by atoms with E-state index >= 15 is 0 Å². The summed E-state index contributed by atoms with van der Waals surface area (Å²) < 4.78 is 77.9. The van der Waals surface area contributed by atoms with Gasteiger partial charge in [-0.1, -0.05) is 116 Å². The van der Waals surface area contributed by atoms with Crippen LogP contribution in [0.5, 0.6) is 23.0 Å². The van der Waals surface area contributed by atoms with E-state index in [0.29, 0.717) is 81.6 Å². The molecule has 77 heavy (non-hydrogen) atoms. The summed E-state index contributed by atoms with van der Waals surface area (Å²) in [6.07, 6.45) is 0.602. The molecule has 0 aliphatic rings. The van der Waals surface area contributed by atoms with Crippen LogP contribution in [0.1, 0.15) is 54.7 Å². The van der Waals surface area contributed by atoms with E-state index in [-0.39, 0.29) is 81.7 Å². The van der Waals surface area contributed by atoms with Crippen molar-refractivity contribution in [3.8, 4) is 23.0 Å². The molecule has 0 aliphatic heterocycles. The Morgan fingerprint density at radius 3 is 1.61 bits per heavy atom. The fourth-order valence-electron chi connectivity index (χ4n) is 7.82. The number of aliphatic imine (C=N–C) groups is 1. The van der Waals surface area contributed by atoms with E-state index in [9.17, 15) is 46.1 Å². The molecule has 18 nitrogen and oxygen atoms in total. The second-order valence-electron chi connectivity index (χ2n) is 16.3. The number of nitrogens with one attached hydrogen (secondary N) is 1. The van der Waals surface area contributed by atoms with Gasteiger partial charge in [0.05, 0.1) is 40.2 Å². The average molecular weight is 1150 g/mol. The molecule has 392 valence electrons. The van der Waals surface area contributed by atoms with Crippen LogP contribution >= 0.6 is 23.2 Å². The minimum absolute atomic E-state index is 0. The maximum atomic E-state index is 13.4.